The van der Waals surface area contributed by atoms with Crippen molar-refractivity contribution in [3.8, 4) is 0 Å². The van der Waals surface area contributed by atoms with Gasteiger partial charge in [-0.15, -0.1) is 0 Å². The molecule has 30 heavy (non-hydrogen) atoms. The quantitative estimate of drug-likeness (QED) is 0.620. The number of amides is 2. The Balaban J connectivity index is 1.23. The topological polar surface area (TPSA) is 84.5 Å². The van der Waals surface area contributed by atoms with Crippen molar-refractivity contribution in [2.24, 2.45) is 0 Å². The summed E-state index contributed by atoms with van der Waals surface area (Å²) in [5.41, 5.74) is 3.72. The molecule has 0 saturated heterocycles. The normalized spacial score (nSPS) is 12.3. The van der Waals surface area contributed by atoms with Crippen LogP contribution in [0.15, 0.2) is 60.7 Å². The summed E-state index contributed by atoms with van der Waals surface area (Å²) in [4.78, 5) is 36.2. The zero-order valence-electron chi connectivity index (χ0n) is 16.4. The van der Waals surface area contributed by atoms with E-state index in [1.807, 2.05) is 48.5 Å². The molecule has 0 atom stereocenters. The zero-order valence-corrected chi connectivity index (χ0v) is 16.4. The van der Waals surface area contributed by atoms with E-state index in [1.54, 1.807) is 12.1 Å². The first-order chi connectivity index (χ1) is 14.6. The molecule has 0 aromatic heterocycles. The molecule has 2 N–H and O–H groups in total. The molecule has 0 bridgehead atoms. The Labute approximate surface area is 174 Å². The second-order valence-electron chi connectivity index (χ2n) is 7.29. The van der Waals surface area contributed by atoms with Crippen molar-refractivity contribution in [2.45, 2.75) is 19.3 Å². The van der Waals surface area contributed by atoms with Crippen LogP contribution in [-0.4, -0.2) is 30.9 Å². The zero-order chi connectivity index (χ0) is 20.9. The number of anilines is 1. The van der Waals surface area contributed by atoms with Gasteiger partial charge in [-0.05, 0) is 65.4 Å². The van der Waals surface area contributed by atoms with Crippen molar-refractivity contribution in [1.29, 1.82) is 0 Å². The average Bonchev–Trinajstić information content (AvgIpc) is 3.23. The number of hydrogen-bond acceptors (Lipinski definition) is 4. The van der Waals surface area contributed by atoms with E-state index < -0.39 is 18.5 Å². The van der Waals surface area contributed by atoms with Gasteiger partial charge in [0.15, 0.2) is 6.61 Å². The summed E-state index contributed by atoms with van der Waals surface area (Å²) >= 11 is 0. The van der Waals surface area contributed by atoms with Gasteiger partial charge in [0.1, 0.15) is 6.54 Å². The van der Waals surface area contributed by atoms with Gasteiger partial charge in [0.05, 0.1) is 0 Å². The first kappa shape index (κ1) is 19.6. The molecule has 2 amide bonds. The number of ether oxygens (including phenoxy) is 1. The molecule has 6 heteroatoms. The molecule has 6 nitrogen and oxygen atoms in total. The van der Waals surface area contributed by atoms with Gasteiger partial charge >= 0.3 is 5.97 Å². The summed E-state index contributed by atoms with van der Waals surface area (Å²) in [6, 6.07) is 18.9. The molecule has 1 aliphatic carbocycles. The lowest BCUT2D eigenvalue weighted by Crippen LogP contribution is -2.32. The molecular formula is C24H22N2O4. The summed E-state index contributed by atoms with van der Waals surface area (Å²) in [5, 5.41) is 7.22. The van der Waals surface area contributed by atoms with Crippen molar-refractivity contribution in [2.75, 3.05) is 18.5 Å². The molecule has 3 aromatic rings. The van der Waals surface area contributed by atoms with Crippen LogP contribution in [0.3, 0.4) is 0 Å². The van der Waals surface area contributed by atoms with Crippen LogP contribution in [0.2, 0.25) is 0 Å². The maximum atomic E-state index is 12.3. The summed E-state index contributed by atoms with van der Waals surface area (Å²) in [7, 11) is 0. The lowest BCUT2D eigenvalue weighted by Gasteiger charge is -2.09. The third kappa shape index (κ3) is 4.66. The van der Waals surface area contributed by atoms with Gasteiger partial charge in [-0.3, -0.25) is 14.4 Å². The minimum Gasteiger partial charge on any atom is -0.454 e. The minimum atomic E-state index is -0.673. The molecule has 152 valence electrons. The van der Waals surface area contributed by atoms with Gasteiger partial charge in [0.2, 0.25) is 0 Å². The van der Waals surface area contributed by atoms with E-state index in [0.717, 1.165) is 30.0 Å². The molecule has 0 saturated carbocycles. The highest BCUT2D eigenvalue weighted by Gasteiger charge is 2.14. The number of benzene rings is 3. The van der Waals surface area contributed by atoms with Crippen LogP contribution in [0.25, 0.3) is 10.8 Å². The molecule has 0 radical (unpaired) electrons. The summed E-state index contributed by atoms with van der Waals surface area (Å²) in [6.07, 6.45) is 3.23. The highest BCUT2D eigenvalue weighted by atomic mass is 16.5. The first-order valence-electron chi connectivity index (χ1n) is 9.93. The fourth-order valence-electron chi connectivity index (χ4n) is 3.63. The highest BCUT2D eigenvalue weighted by molar-refractivity contribution is 6.00. The summed E-state index contributed by atoms with van der Waals surface area (Å²) < 4.78 is 4.96. The Kier molecular flexibility index (Phi) is 5.75. The van der Waals surface area contributed by atoms with Crippen LogP contribution in [0.1, 0.15) is 27.9 Å². The third-order valence-electron chi connectivity index (χ3n) is 5.15. The van der Waals surface area contributed by atoms with Gasteiger partial charge in [-0.1, -0.05) is 36.4 Å². The predicted molar refractivity (Wildman–Crippen MR) is 114 cm³/mol. The van der Waals surface area contributed by atoms with Gasteiger partial charge in [0, 0.05) is 11.3 Å². The number of carbonyl (C=O) groups is 3. The monoisotopic (exact) mass is 402 g/mol. The van der Waals surface area contributed by atoms with Crippen molar-refractivity contribution in [3.05, 3.63) is 77.4 Å². The molecule has 0 aliphatic heterocycles. The van der Waals surface area contributed by atoms with Gasteiger partial charge in [0.25, 0.3) is 11.8 Å². The molecular weight excluding hydrogens is 380 g/mol. The molecule has 0 heterocycles. The number of hydrogen-bond donors (Lipinski definition) is 2. The van der Waals surface area contributed by atoms with Crippen LogP contribution in [0.4, 0.5) is 5.69 Å². The van der Waals surface area contributed by atoms with Crippen LogP contribution < -0.4 is 10.6 Å². The van der Waals surface area contributed by atoms with Crippen LogP contribution in [0.5, 0.6) is 0 Å². The maximum Gasteiger partial charge on any atom is 0.325 e. The molecule has 0 fully saturated rings. The van der Waals surface area contributed by atoms with Crippen LogP contribution in [0, 0.1) is 0 Å². The van der Waals surface area contributed by atoms with Crippen molar-refractivity contribution in [1.82, 2.24) is 5.32 Å². The molecule has 1 aliphatic rings. The minimum absolute atomic E-state index is 0.308. The Morgan fingerprint density at radius 2 is 1.67 bits per heavy atom. The SMILES string of the molecule is O=C(COC(=O)CNC(=O)c1ccc2ccccc2c1)Nc1ccc2c(c1)CCC2. The van der Waals surface area contributed by atoms with E-state index in [9.17, 15) is 14.4 Å². The van der Waals surface area contributed by atoms with E-state index in [1.165, 1.54) is 11.1 Å². The molecule has 0 unspecified atom stereocenters. The van der Waals surface area contributed by atoms with Gasteiger partial charge in [-0.25, -0.2) is 0 Å². The number of rotatable bonds is 6. The predicted octanol–water partition coefficient (Wildman–Crippen LogP) is 3.24. The smallest absolute Gasteiger partial charge is 0.325 e. The van der Waals surface area contributed by atoms with E-state index in [4.69, 9.17) is 4.74 Å². The van der Waals surface area contributed by atoms with E-state index in [2.05, 4.69) is 10.6 Å². The van der Waals surface area contributed by atoms with E-state index >= 15 is 0 Å². The standard InChI is InChI=1S/C24H22N2O4/c27-22(26-21-11-10-17-6-3-7-19(17)13-21)15-30-23(28)14-25-24(29)20-9-8-16-4-1-2-5-18(16)12-20/h1-2,4-5,8-13H,3,6-7,14-15H2,(H,25,29)(H,26,27). The third-order valence-corrected chi connectivity index (χ3v) is 5.15. The second-order valence-corrected chi connectivity index (χ2v) is 7.29. The number of aryl methyl sites for hydroxylation is 2. The number of carbonyl (C=O) groups excluding carboxylic acids is 3. The Morgan fingerprint density at radius 1 is 0.867 bits per heavy atom. The van der Waals surface area contributed by atoms with Crippen molar-refractivity contribution < 1.29 is 19.1 Å². The van der Waals surface area contributed by atoms with Crippen molar-refractivity contribution >= 4 is 34.2 Å². The molecule has 0 spiro atoms. The molecule has 3 aromatic carbocycles. The van der Waals surface area contributed by atoms with Gasteiger partial charge < -0.3 is 15.4 Å². The Bertz CT molecular complexity index is 1120. The van der Waals surface area contributed by atoms with Crippen LogP contribution >= 0.6 is 0 Å². The largest absolute Gasteiger partial charge is 0.454 e. The van der Waals surface area contributed by atoms with E-state index in [0.29, 0.717) is 11.3 Å². The van der Waals surface area contributed by atoms with Crippen LogP contribution in [-0.2, 0) is 27.2 Å². The number of nitrogens with one attached hydrogen (secondary N) is 2. The van der Waals surface area contributed by atoms with E-state index in [-0.39, 0.29) is 12.5 Å². The highest BCUT2D eigenvalue weighted by Crippen LogP contribution is 2.24. The Hall–Kier alpha value is -3.67. The van der Waals surface area contributed by atoms with Crippen molar-refractivity contribution in [3.63, 3.8) is 0 Å². The lowest BCUT2D eigenvalue weighted by molar-refractivity contribution is -0.146. The second kappa shape index (κ2) is 8.78. The summed E-state index contributed by atoms with van der Waals surface area (Å²) in [5.74, 6) is -1.46. The fraction of sp³-hybridized carbons (Fsp3) is 0.208. The summed E-state index contributed by atoms with van der Waals surface area (Å²) in [6.45, 7) is -0.709. The average molecular weight is 402 g/mol. The Morgan fingerprint density at radius 3 is 2.53 bits per heavy atom. The van der Waals surface area contributed by atoms with Gasteiger partial charge in [-0.2, -0.15) is 0 Å². The number of esters is 1. The maximum absolute atomic E-state index is 12.3. The first-order valence-corrected chi connectivity index (χ1v) is 9.93. The fourth-order valence-corrected chi connectivity index (χ4v) is 3.63. The number of fused-ring (bicyclic) bond motifs is 2. The molecule has 4 rings (SSSR count). The lowest BCUT2D eigenvalue weighted by atomic mass is 10.1.